The van der Waals surface area contributed by atoms with Gasteiger partial charge >= 0.3 is 0 Å². The van der Waals surface area contributed by atoms with Crippen molar-refractivity contribution >= 4 is 20.9 Å². The molecule has 3 aromatic rings. The lowest BCUT2D eigenvalue weighted by molar-refractivity contribution is 0.0106. The van der Waals surface area contributed by atoms with Crippen molar-refractivity contribution in [2.75, 3.05) is 32.6 Å². The normalized spacial score (nSPS) is 19.2. The van der Waals surface area contributed by atoms with Crippen molar-refractivity contribution in [3.8, 4) is 5.75 Å². The molecule has 2 atom stereocenters. The lowest BCUT2D eigenvalue weighted by Gasteiger charge is -2.32. The van der Waals surface area contributed by atoms with E-state index in [2.05, 4.69) is 59.9 Å². The maximum atomic E-state index is 11.0. The van der Waals surface area contributed by atoms with Gasteiger partial charge in [-0.25, -0.2) is 0 Å². The van der Waals surface area contributed by atoms with E-state index in [1.165, 1.54) is 21.9 Å². The first kappa shape index (κ1) is 22.7. The van der Waals surface area contributed by atoms with Gasteiger partial charge in [-0.1, -0.05) is 48.5 Å². The molecular weight excluding hydrogens is 426 g/mol. The van der Waals surface area contributed by atoms with Crippen molar-refractivity contribution in [3.05, 3.63) is 77.9 Å². The molecule has 3 aromatic carbocycles. The Labute approximate surface area is 189 Å². The summed E-state index contributed by atoms with van der Waals surface area (Å²) in [6.07, 6.45) is 2.12. The summed E-state index contributed by atoms with van der Waals surface area (Å²) in [5, 5.41) is 5.91. The molecule has 0 saturated carbocycles. The molecule has 0 aromatic heterocycles. The summed E-state index contributed by atoms with van der Waals surface area (Å²) in [6.45, 7) is 2.53. The molecule has 7 heteroatoms. The Bertz CT molecular complexity index is 1130. The molecule has 0 amide bonds. The van der Waals surface area contributed by atoms with Crippen LogP contribution in [0.1, 0.15) is 23.5 Å². The van der Waals surface area contributed by atoms with Gasteiger partial charge in [0.1, 0.15) is 19.0 Å². The van der Waals surface area contributed by atoms with Crippen LogP contribution in [0.3, 0.4) is 0 Å². The van der Waals surface area contributed by atoms with Crippen LogP contribution >= 0.6 is 0 Å². The van der Waals surface area contributed by atoms with Gasteiger partial charge in [0, 0.05) is 12.5 Å². The van der Waals surface area contributed by atoms with E-state index in [9.17, 15) is 8.42 Å². The first-order valence-corrected chi connectivity index (χ1v) is 12.7. The zero-order chi connectivity index (χ0) is 22.4. The minimum Gasteiger partial charge on any atom is -0.491 e. The van der Waals surface area contributed by atoms with E-state index in [0.717, 1.165) is 25.8 Å². The number of hydrogen-bond acceptors (Lipinski definition) is 6. The standard InChI is InChI=1S/C25H29NO5S/c1-32(27,28)31-15-14-29-23-10-8-21(9-11-23)24-12-13-26-17-25(24)30-18-19-6-7-20-4-2-3-5-22(20)16-19/h2-11,16,24-26H,12-15,17-18H2,1H3. The summed E-state index contributed by atoms with van der Waals surface area (Å²) in [5.41, 5.74) is 2.39. The highest BCUT2D eigenvalue weighted by atomic mass is 32.2. The smallest absolute Gasteiger partial charge is 0.264 e. The van der Waals surface area contributed by atoms with Crippen molar-refractivity contribution in [2.24, 2.45) is 0 Å². The molecule has 0 aliphatic carbocycles. The van der Waals surface area contributed by atoms with Crippen LogP contribution in [0, 0.1) is 0 Å². The predicted molar refractivity (Wildman–Crippen MR) is 125 cm³/mol. The average molecular weight is 456 g/mol. The minimum absolute atomic E-state index is 0.000431. The van der Waals surface area contributed by atoms with Gasteiger partial charge in [0.25, 0.3) is 10.1 Å². The fourth-order valence-corrected chi connectivity index (χ4v) is 4.45. The number of benzene rings is 3. The quantitative estimate of drug-likeness (QED) is 0.390. The Morgan fingerprint density at radius 1 is 0.969 bits per heavy atom. The van der Waals surface area contributed by atoms with Gasteiger partial charge in [-0.15, -0.1) is 0 Å². The highest BCUT2D eigenvalue weighted by Crippen LogP contribution is 2.30. The van der Waals surface area contributed by atoms with Gasteiger partial charge in [-0.05, 0) is 53.1 Å². The topological polar surface area (TPSA) is 73.9 Å². The first-order chi connectivity index (χ1) is 15.5. The van der Waals surface area contributed by atoms with Crippen LogP contribution in [0.25, 0.3) is 10.8 Å². The third-order valence-corrected chi connectivity index (χ3v) is 6.26. The Morgan fingerprint density at radius 2 is 1.75 bits per heavy atom. The zero-order valence-corrected chi connectivity index (χ0v) is 19.0. The highest BCUT2D eigenvalue weighted by Gasteiger charge is 2.27. The Kier molecular flexibility index (Phi) is 7.42. The summed E-state index contributed by atoms with van der Waals surface area (Å²) in [4.78, 5) is 0. The predicted octanol–water partition coefficient (Wildman–Crippen LogP) is 3.86. The molecule has 0 bridgehead atoms. The Balaban J connectivity index is 1.35. The molecular formula is C25H29NO5S. The van der Waals surface area contributed by atoms with Crippen LogP contribution in [-0.2, 0) is 25.6 Å². The van der Waals surface area contributed by atoms with E-state index >= 15 is 0 Å². The monoisotopic (exact) mass is 455 g/mol. The molecule has 1 heterocycles. The SMILES string of the molecule is CS(=O)(=O)OCCOc1ccc(C2CCNCC2OCc2ccc3ccccc3c2)cc1. The van der Waals surface area contributed by atoms with E-state index in [4.69, 9.17) is 13.7 Å². The van der Waals surface area contributed by atoms with Gasteiger partial charge < -0.3 is 14.8 Å². The zero-order valence-electron chi connectivity index (χ0n) is 18.2. The molecule has 0 spiro atoms. The number of rotatable bonds is 9. The van der Waals surface area contributed by atoms with Gasteiger partial charge in [0.2, 0.25) is 0 Å². The number of fused-ring (bicyclic) bond motifs is 1. The van der Waals surface area contributed by atoms with E-state index < -0.39 is 10.1 Å². The number of nitrogens with one attached hydrogen (secondary N) is 1. The fourth-order valence-electron chi connectivity index (χ4n) is 4.07. The largest absolute Gasteiger partial charge is 0.491 e. The molecule has 1 fully saturated rings. The lowest BCUT2D eigenvalue weighted by atomic mass is 9.87. The number of hydrogen-bond donors (Lipinski definition) is 1. The molecule has 32 heavy (non-hydrogen) atoms. The second-order valence-corrected chi connectivity index (χ2v) is 9.72. The van der Waals surface area contributed by atoms with Crippen molar-refractivity contribution < 1.29 is 22.1 Å². The molecule has 6 nitrogen and oxygen atoms in total. The average Bonchev–Trinajstić information content (AvgIpc) is 2.80. The molecule has 1 N–H and O–H groups in total. The third kappa shape index (κ3) is 6.29. The molecule has 170 valence electrons. The van der Waals surface area contributed by atoms with Crippen molar-refractivity contribution in [2.45, 2.75) is 25.0 Å². The van der Waals surface area contributed by atoms with E-state index in [1.54, 1.807) is 0 Å². The van der Waals surface area contributed by atoms with Crippen molar-refractivity contribution in [1.82, 2.24) is 5.32 Å². The van der Waals surface area contributed by atoms with Gasteiger partial charge in [0.15, 0.2) is 0 Å². The number of piperidine rings is 1. The van der Waals surface area contributed by atoms with Crippen LogP contribution in [0.4, 0.5) is 0 Å². The highest BCUT2D eigenvalue weighted by molar-refractivity contribution is 7.85. The van der Waals surface area contributed by atoms with E-state index in [1.807, 2.05) is 12.1 Å². The summed E-state index contributed by atoms with van der Waals surface area (Å²) in [6, 6.07) is 22.8. The first-order valence-electron chi connectivity index (χ1n) is 10.9. The van der Waals surface area contributed by atoms with Crippen LogP contribution in [0.15, 0.2) is 66.7 Å². The summed E-state index contributed by atoms with van der Waals surface area (Å²) in [7, 11) is -3.44. The number of ether oxygens (including phenoxy) is 2. The fraction of sp³-hybridized carbons (Fsp3) is 0.360. The van der Waals surface area contributed by atoms with Crippen molar-refractivity contribution in [3.63, 3.8) is 0 Å². The van der Waals surface area contributed by atoms with Gasteiger partial charge in [-0.3, -0.25) is 4.18 Å². The van der Waals surface area contributed by atoms with E-state index in [0.29, 0.717) is 18.3 Å². The Hall–Kier alpha value is -2.45. The van der Waals surface area contributed by atoms with Gasteiger partial charge in [0.05, 0.1) is 19.0 Å². The minimum atomic E-state index is -3.44. The molecule has 4 rings (SSSR count). The maximum Gasteiger partial charge on any atom is 0.264 e. The van der Waals surface area contributed by atoms with Crippen LogP contribution in [-0.4, -0.2) is 47.1 Å². The van der Waals surface area contributed by atoms with Crippen LogP contribution in [0.5, 0.6) is 5.75 Å². The molecule has 0 radical (unpaired) electrons. The third-order valence-electron chi connectivity index (χ3n) is 5.66. The van der Waals surface area contributed by atoms with E-state index in [-0.39, 0.29) is 19.3 Å². The molecule has 1 saturated heterocycles. The molecule has 1 aliphatic rings. The summed E-state index contributed by atoms with van der Waals surface area (Å²) >= 11 is 0. The molecule has 2 unspecified atom stereocenters. The second-order valence-electron chi connectivity index (χ2n) is 8.07. The lowest BCUT2D eigenvalue weighted by Crippen LogP contribution is -2.40. The van der Waals surface area contributed by atoms with Gasteiger partial charge in [-0.2, -0.15) is 8.42 Å². The van der Waals surface area contributed by atoms with Crippen molar-refractivity contribution in [1.29, 1.82) is 0 Å². The van der Waals surface area contributed by atoms with Crippen LogP contribution in [0.2, 0.25) is 0 Å². The second kappa shape index (κ2) is 10.4. The maximum absolute atomic E-state index is 11.0. The summed E-state index contributed by atoms with van der Waals surface area (Å²) in [5.74, 6) is 0.993. The summed E-state index contributed by atoms with van der Waals surface area (Å²) < 4.78 is 38.6. The Morgan fingerprint density at radius 3 is 2.53 bits per heavy atom. The van der Waals surface area contributed by atoms with Crippen LogP contribution < -0.4 is 10.1 Å². The molecule has 1 aliphatic heterocycles.